The molecule has 2 aliphatic carbocycles. The summed E-state index contributed by atoms with van der Waals surface area (Å²) in [6, 6.07) is 36.8. The molecule has 0 unspecified atom stereocenters. The number of benzene rings is 6. The first kappa shape index (κ1) is 39.1. The van der Waals surface area contributed by atoms with Gasteiger partial charge in [-0.15, -0.1) is 0 Å². The third-order valence-corrected chi connectivity index (χ3v) is 12.7. The van der Waals surface area contributed by atoms with Gasteiger partial charge >= 0.3 is 11.9 Å². The molecule has 10 rings (SSSR count). The second-order valence-electron chi connectivity index (χ2n) is 15.7. The van der Waals surface area contributed by atoms with Crippen molar-refractivity contribution in [2.45, 2.75) is 48.6 Å². The minimum absolute atomic E-state index is 0.0434. The fraction of sp³-hybridized carbons (Fsp3) is 0.167. The zero-order chi connectivity index (χ0) is 42.1. The predicted octanol–water partition coefficient (Wildman–Crippen LogP) is 10.3. The van der Waals surface area contributed by atoms with Gasteiger partial charge in [-0.3, -0.25) is 9.59 Å². The zero-order valence-electron chi connectivity index (χ0n) is 31.6. The van der Waals surface area contributed by atoms with Crippen molar-refractivity contribution in [3.8, 4) is 0 Å². The summed E-state index contributed by atoms with van der Waals surface area (Å²) in [6.07, 6.45) is 1.21. The molecule has 0 radical (unpaired) electrons. The number of amides is 2. The Bertz CT molecular complexity index is 2580. The molecular formula is C48H34Cl2F2N2O6. The van der Waals surface area contributed by atoms with Crippen LogP contribution in [-0.2, 0) is 33.5 Å². The van der Waals surface area contributed by atoms with Gasteiger partial charge in [0.2, 0.25) is 11.8 Å². The first-order valence-electron chi connectivity index (χ1n) is 19.2. The van der Waals surface area contributed by atoms with E-state index in [-0.39, 0.29) is 59.5 Å². The van der Waals surface area contributed by atoms with E-state index in [2.05, 4.69) is 0 Å². The maximum atomic E-state index is 14.1. The van der Waals surface area contributed by atoms with Crippen molar-refractivity contribution < 1.29 is 38.2 Å². The molecule has 2 N–H and O–H groups in total. The van der Waals surface area contributed by atoms with Crippen molar-refractivity contribution in [2.75, 3.05) is 9.80 Å². The molecule has 2 spiro atoms. The molecule has 12 heteroatoms. The number of fused-ring (bicyclic) bond motifs is 4. The van der Waals surface area contributed by atoms with Crippen LogP contribution in [0, 0.1) is 11.6 Å². The van der Waals surface area contributed by atoms with Crippen LogP contribution in [0.3, 0.4) is 0 Å². The summed E-state index contributed by atoms with van der Waals surface area (Å²) in [7, 11) is 0. The van der Waals surface area contributed by atoms with Gasteiger partial charge in [0, 0.05) is 33.3 Å². The SMILES string of the molecule is O=C(O)c1cccc(CN2C(=O)[C@@]3(C[C@@H]3c3ccc(Cl)cc3)c3cc(F)ccc32)c1.O=C(O)c1cccc(CN2C(=O)[C@]3(C[C@H]3c3ccc(Cl)cc3)c3cc(F)ccc32)c1. The molecule has 2 aliphatic heterocycles. The van der Waals surface area contributed by atoms with E-state index in [1.54, 1.807) is 82.6 Å². The predicted molar refractivity (Wildman–Crippen MR) is 223 cm³/mol. The lowest BCUT2D eigenvalue weighted by atomic mass is 9.92. The Kier molecular flexibility index (Phi) is 9.60. The number of aromatic carboxylic acids is 2. The van der Waals surface area contributed by atoms with Gasteiger partial charge in [-0.25, -0.2) is 18.4 Å². The van der Waals surface area contributed by atoms with Gasteiger partial charge < -0.3 is 20.0 Å². The topological polar surface area (TPSA) is 115 Å². The standard InChI is InChI=1S/2C24H17ClFNO3/c2*25-17-6-4-15(5-7-17)20-12-24(20)19-11-18(26)8-9-21(19)27(23(24)30)13-14-2-1-3-16(10-14)22(28)29/h2*1-11,20H,12-13H2,(H,28,29)/t2*20-,24+/m10/s1. The highest BCUT2D eigenvalue weighted by molar-refractivity contribution is 6.30. The molecule has 2 heterocycles. The van der Waals surface area contributed by atoms with Gasteiger partial charge in [-0.05, 0) is 131 Å². The Hall–Kier alpha value is -6.36. The first-order chi connectivity index (χ1) is 28.8. The number of hydrogen-bond donors (Lipinski definition) is 2. The van der Waals surface area contributed by atoms with E-state index in [1.807, 2.05) is 24.3 Å². The smallest absolute Gasteiger partial charge is 0.335 e. The maximum absolute atomic E-state index is 14.1. The Morgan fingerprint density at radius 3 is 1.32 bits per heavy atom. The number of carbonyl (C=O) groups excluding carboxylic acids is 2. The van der Waals surface area contributed by atoms with Crippen LogP contribution in [0.2, 0.25) is 10.0 Å². The highest BCUT2D eigenvalue weighted by Crippen LogP contribution is 2.67. The highest BCUT2D eigenvalue weighted by Gasteiger charge is 2.68. The van der Waals surface area contributed by atoms with E-state index in [0.29, 0.717) is 56.5 Å². The summed E-state index contributed by atoms with van der Waals surface area (Å²) in [4.78, 5) is 53.1. The summed E-state index contributed by atoms with van der Waals surface area (Å²) in [5.74, 6) is -3.04. The third-order valence-electron chi connectivity index (χ3n) is 12.2. The van der Waals surface area contributed by atoms with Crippen LogP contribution in [0.25, 0.3) is 0 Å². The minimum atomic E-state index is -1.02. The second kappa shape index (κ2) is 14.7. The molecule has 4 atom stereocenters. The van der Waals surface area contributed by atoms with Crippen molar-refractivity contribution >= 4 is 58.3 Å². The van der Waals surface area contributed by atoms with E-state index in [0.717, 1.165) is 11.1 Å². The summed E-state index contributed by atoms with van der Waals surface area (Å²) >= 11 is 12.0. The number of hydrogen-bond acceptors (Lipinski definition) is 4. The van der Waals surface area contributed by atoms with E-state index in [1.165, 1.54) is 36.4 Å². The van der Waals surface area contributed by atoms with Crippen LogP contribution in [0.5, 0.6) is 0 Å². The van der Waals surface area contributed by atoms with Crippen molar-refractivity contribution in [1.29, 1.82) is 0 Å². The van der Waals surface area contributed by atoms with Crippen molar-refractivity contribution in [3.05, 3.63) is 200 Å². The molecule has 2 saturated carbocycles. The fourth-order valence-corrected chi connectivity index (χ4v) is 9.46. The lowest BCUT2D eigenvalue weighted by Crippen LogP contribution is -2.32. The average Bonchev–Trinajstić information content (AvgIpc) is 4.15. The van der Waals surface area contributed by atoms with Crippen LogP contribution < -0.4 is 9.80 Å². The average molecular weight is 844 g/mol. The molecule has 0 bridgehead atoms. The number of carbonyl (C=O) groups is 4. The Labute approximate surface area is 353 Å². The van der Waals surface area contributed by atoms with Gasteiger partial charge in [0.05, 0.1) is 35.0 Å². The molecule has 300 valence electrons. The van der Waals surface area contributed by atoms with Crippen LogP contribution in [0.4, 0.5) is 20.2 Å². The number of carboxylic acids is 2. The van der Waals surface area contributed by atoms with Gasteiger partial charge in [0.1, 0.15) is 11.6 Å². The van der Waals surface area contributed by atoms with Crippen molar-refractivity contribution in [2.24, 2.45) is 0 Å². The van der Waals surface area contributed by atoms with Crippen LogP contribution >= 0.6 is 23.2 Å². The number of anilines is 2. The number of rotatable bonds is 8. The molecule has 60 heavy (non-hydrogen) atoms. The van der Waals surface area contributed by atoms with Crippen molar-refractivity contribution in [3.63, 3.8) is 0 Å². The number of nitrogens with zero attached hydrogens (tertiary/aromatic N) is 2. The zero-order valence-corrected chi connectivity index (χ0v) is 33.1. The molecule has 4 aliphatic rings. The van der Waals surface area contributed by atoms with Crippen LogP contribution in [-0.4, -0.2) is 34.0 Å². The molecule has 2 amide bonds. The van der Waals surface area contributed by atoms with Crippen molar-refractivity contribution in [1.82, 2.24) is 0 Å². The number of carboxylic acid groups (broad SMARTS) is 2. The normalized spacial score (nSPS) is 21.7. The van der Waals surface area contributed by atoms with Gasteiger partial charge in [-0.2, -0.15) is 0 Å². The molecule has 6 aromatic carbocycles. The van der Waals surface area contributed by atoms with Crippen LogP contribution in [0.1, 0.15) is 78.8 Å². The summed E-state index contributed by atoms with van der Waals surface area (Å²) < 4.78 is 28.3. The first-order valence-corrected chi connectivity index (χ1v) is 19.9. The van der Waals surface area contributed by atoms with Crippen LogP contribution in [0.15, 0.2) is 133 Å². The minimum Gasteiger partial charge on any atom is -0.478 e. The van der Waals surface area contributed by atoms with E-state index in [4.69, 9.17) is 23.2 Å². The molecule has 2 fully saturated rings. The number of halogens is 4. The molecular weight excluding hydrogens is 809 g/mol. The lowest BCUT2D eigenvalue weighted by molar-refractivity contribution is -0.121. The summed E-state index contributed by atoms with van der Waals surface area (Å²) in [5, 5.41) is 19.7. The Morgan fingerprint density at radius 1 is 0.567 bits per heavy atom. The third kappa shape index (κ3) is 6.60. The monoisotopic (exact) mass is 842 g/mol. The van der Waals surface area contributed by atoms with Gasteiger partial charge in [-0.1, -0.05) is 71.7 Å². The van der Waals surface area contributed by atoms with E-state index >= 15 is 0 Å². The van der Waals surface area contributed by atoms with E-state index in [9.17, 15) is 38.2 Å². The molecule has 6 aromatic rings. The second-order valence-corrected chi connectivity index (χ2v) is 16.5. The van der Waals surface area contributed by atoms with E-state index < -0.39 is 22.8 Å². The lowest BCUT2D eigenvalue weighted by Gasteiger charge is -2.19. The largest absolute Gasteiger partial charge is 0.478 e. The quantitative estimate of drug-likeness (QED) is 0.158. The van der Waals surface area contributed by atoms with Gasteiger partial charge in [0.25, 0.3) is 0 Å². The fourth-order valence-electron chi connectivity index (χ4n) is 9.21. The van der Waals surface area contributed by atoms with Gasteiger partial charge in [0.15, 0.2) is 0 Å². The highest BCUT2D eigenvalue weighted by atomic mass is 35.5. The maximum Gasteiger partial charge on any atom is 0.335 e. The summed E-state index contributed by atoms with van der Waals surface area (Å²) in [5.41, 5.74) is 4.93. The Balaban J connectivity index is 0.000000154. The molecule has 8 nitrogen and oxygen atoms in total. The molecule has 0 aromatic heterocycles. The summed E-state index contributed by atoms with van der Waals surface area (Å²) in [6.45, 7) is 0.460. The Morgan fingerprint density at radius 2 is 0.950 bits per heavy atom. The molecule has 0 saturated heterocycles.